The summed E-state index contributed by atoms with van der Waals surface area (Å²) in [5.41, 5.74) is 0.919. The monoisotopic (exact) mass is 344 g/mol. The summed E-state index contributed by atoms with van der Waals surface area (Å²) in [6.07, 6.45) is 0.458. The topological polar surface area (TPSA) is 50.7 Å². The van der Waals surface area contributed by atoms with Crippen molar-refractivity contribution in [2.24, 2.45) is 0 Å². The number of benzene rings is 1. The Balaban J connectivity index is 1.86. The van der Waals surface area contributed by atoms with E-state index in [0.29, 0.717) is 5.69 Å². The van der Waals surface area contributed by atoms with Crippen molar-refractivity contribution in [1.82, 2.24) is 15.0 Å². The van der Waals surface area contributed by atoms with Gasteiger partial charge < -0.3 is 5.32 Å². The van der Waals surface area contributed by atoms with E-state index in [1.165, 1.54) is 12.1 Å². The minimum atomic E-state index is -4.41. The van der Waals surface area contributed by atoms with Crippen LogP contribution in [0, 0.1) is 0 Å². The number of pyridine rings is 1. The van der Waals surface area contributed by atoms with E-state index in [9.17, 15) is 13.2 Å². The molecule has 0 saturated heterocycles. The van der Waals surface area contributed by atoms with E-state index in [2.05, 4.69) is 20.3 Å². The first kappa shape index (κ1) is 16.9. The van der Waals surface area contributed by atoms with Crippen LogP contribution in [-0.4, -0.2) is 15.0 Å². The van der Waals surface area contributed by atoms with Gasteiger partial charge in [0.05, 0.1) is 17.3 Å². The van der Waals surface area contributed by atoms with Crippen LogP contribution in [0.2, 0.25) is 0 Å². The molecule has 0 amide bonds. The smallest absolute Gasteiger partial charge is 0.348 e. The number of alkyl halides is 3. The SMILES string of the molecule is CC(Nc1nccc(-c2cccnc2)n1)c1ccccc1C(F)(F)F. The Morgan fingerprint density at radius 1 is 1.00 bits per heavy atom. The summed E-state index contributed by atoms with van der Waals surface area (Å²) in [6, 6.07) is 10.2. The van der Waals surface area contributed by atoms with Gasteiger partial charge in [-0.2, -0.15) is 13.2 Å². The Morgan fingerprint density at radius 2 is 1.80 bits per heavy atom. The molecule has 1 aromatic carbocycles. The van der Waals surface area contributed by atoms with Crippen molar-refractivity contribution in [3.63, 3.8) is 0 Å². The number of rotatable bonds is 4. The quantitative estimate of drug-likeness (QED) is 0.743. The lowest BCUT2D eigenvalue weighted by atomic mass is 10.0. The van der Waals surface area contributed by atoms with Gasteiger partial charge in [-0.3, -0.25) is 4.98 Å². The molecule has 3 aromatic rings. The second-order valence-corrected chi connectivity index (χ2v) is 5.46. The lowest BCUT2D eigenvalue weighted by molar-refractivity contribution is -0.138. The Morgan fingerprint density at radius 3 is 2.52 bits per heavy atom. The van der Waals surface area contributed by atoms with E-state index in [4.69, 9.17) is 0 Å². The Bertz CT molecular complexity index is 850. The van der Waals surface area contributed by atoms with Crippen LogP contribution in [0.5, 0.6) is 0 Å². The highest BCUT2D eigenvalue weighted by molar-refractivity contribution is 5.58. The second kappa shape index (κ2) is 6.88. The normalized spacial score (nSPS) is 12.6. The van der Waals surface area contributed by atoms with Gasteiger partial charge in [-0.15, -0.1) is 0 Å². The number of nitrogens with one attached hydrogen (secondary N) is 1. The average molecular weight is 344 g/mol. The number of halogens is 3. The van der Waals surface area contributed by atoms with Gasteiger partial charge in [0.1, 0.15) is 0 Å². The number of anilines is 1. The van der Waals surface area contributed by atoms with Gasteiger partial charge in [0.2, 0.25) is 5.95 Å². The number of nitrogens with zero attached hydrogens (tertiary/aromatic N) is 3. The Kier molecular flexibility index (Phi) is 4.65. The maximum absolute atomic E-state index is 13.2. The first-order valence-corrected chi connectivity index (χ1v) is 7.61. The summed E-state index contributed by atoms with van der Waals surface area (Å²) in [7, 11) is 0. The molecule has 0 saturated carbocycles. The van der Waals surface area contributed by atoms with E-state index in [1.54, 1.807) is 43.7 Å². The molecule has 1 unspecified atom stereocenters. The van der Waals surface area contributed by atoms with Gasteiger partial charge in [0.25, 0.3) is 0 Å². The Hall–Kier alpha value is -2.96. The number of aromatic nitrogens is 3. The van der Waals surface area contributed by atoms with Crippen molar-refractivity contribution < 1.29 is 13.2 Å². The third-order valence-electron chi connectivity index (χ3n) is 3.69. The molecular weight excluding hydrogens is 329 g/mol. The van der Waals surface area contributed by atoms with Crippen LogP contribution in [0.15, 0.2) is 61.1 Å². The maximum Gasteiger partial charge on any atom is 0.416 e. The molecule has 2 aromatic heterocycles. The molecule has 25 heavy (non-hydrogen) atoms. The summed E-state index contributed by atoms with van der Waals surface area (Å²) in [4.78, 5) is 12.5. The maximum atomic E-state index is 13.2. The van der Waals surface area contributed by atoms with Crippen LogP contribution in [0.4, 0.5) is 19.1 Å². The van der Waals surface area contributed by atoms with Crippen LogP contribution in [-0.2, 0) is 6.18 Å². The van der Waals surface area contributed by atoms with Gasteiger partial charge in [0, 0.05) is 24.2 Å². The van der Waals surface area contributed by atoms with Crippen LogP contribution in [0.1, 0.15) is 24.1 Å². The zero-order valence-electron chi connectivity index (χ0n) is 13.3. The van der Waals surface area contributed by atoms with Crippen LogP contribution < -0.4 is 5.32 Å². The van der Waals surface area contributed by atoms with Crippen molar-refractivity contribution >= 4 is 5.95 Å². The first-order valence-electron chi connectivity index (χ1n) is 7.61. The zero-order chi connectivity index (χ0) is 17.9. The molecule has 0 bridgehead atoms. The van der Waals surface area contributed by atoms with Gasteiger partial charge >= 0.3 is 6.18 Å². The molecule has 1 atom stereocenters. The van der Waals surface area contributed by atoms with Crippen LogP contribution in [0.25, 0.3) is 11.3 Å². The van der Waals surface area contributed by atoms with E-state index < -0.39 is 17.8 Å². The van der Waals surface area contributed by atoms with Crippen LogP contribution in [0.3, 0.4) is 0 Å². The molecule has 0 spiro atoms. The highest BCUT2D eigenvalue weighted by atomic mass is 19.4. The molecule has 0 aliphatic carbocycles. The molecule has 7 heteroatoms. The van der Waals surface area contributed by atoms with Gasteiger partial charge in [-0.1, -0.05) is 18.2 Å². The Labute approximate surface area is 142 Å². The fraction of sp³-hybridized carbons (Fsp3) is 0.167. The van der Waals surface area contributed by atoms with E-state index >= 15 is 0 Å². The van der Waals surface area contributed by atoms with Crippen molar-refractivity contribution in [2.45, 2.75) is 19.1 Å². The van der Waals surface area contributed by atoms with Gasteiger partial charge in [-0.05, 0) is 36.8 Å². The fourth-order valence-electron chi connectivity index (χ4n) is 2.51. The molecule has 3 rings (SSSR count). The largest absolute Gasteiger partial charge is 0.416 e. The van der Waals surface area contributed by atoms with E-state index in [1.807, 2.05) is 6.07 Å². The summed E-state index contributed by atoms with van der Waals surface area (Å²) < 4.78 is 39.5. The molecule has 1 N–H and O–H groups in total. The summed E-state index contributed by atoms with van der Waals surface area (Å²) in [5, 5.41) is 2.94. The lowest BCUT2D eigenvalue weighted by Crippen LogP contribution is -2.16. The summed E-state index contributed by atoms with van der Waals surface area (Å²) >= 11 is 0. The standard InChI is InChI=1S/C18H15F3N4/c1-12(14-6-2-3-7-15(14)18(19,20)21)24-17-23-10-8-16(25-17)13-5-4-9-22-11-13/h2-12H,1H3,(H,23,24,25). The summed E-state index contributed by atoms with van der Waals surface area (Å²) in [5.74, 6) is 0.255. The minimum Gasteiger partial charge on any atom is -0.348 e. The van der Waals surface area contributed by atoms with Gasteiger partial charge in [-0.25, -0.2) is 9.97 Å². The zero-order valence-corrected chi connectivity index (χ0v) is 13.3. The third-order valence-corrected chi connectivity index (χ3v) is 3.69. The first-order chi connectivity index (χ1) is 11.9. The predicted molar refractivity (Wildman–Crippen MR) is 88.7 cm³/mol. The highest BCUT2D eigenvalue weighted by Gasteiger charge is 2.34. The molecule has 128 valence electrons. The molecule has 0 aliphatic heterocycles. The summed E-state index contributed by atoms with van der Waals surface area (Å²) in [6.45, 7) is 1.64. The van der Waals surface area contributed by atoms with Crippen molar-refractivity contribution in [3.05, 3.63) is 72.2 Å². The molecule has 2 heterocycles. The fourth-order valence-corrected chi connectivity index (χ4v) is 2.51. The molecule has 0 fully saturated rings. The average Bonchev–Trinajstić information content (AvgIpc) is 2.62. The van der Waals surface area contributed by atoms with Gasteiger partial charge in [0.15, 0.2) is 0 Å². The second-order valence-electron chi connectivity index (χ2n) is 5.46. The minimum absolute atomic E-state index is 0.144. The molecular formula is C18H15F3N4. The van der Waals surface area contributed by atoms with E-state index in [-0.39, 0.29) is 11.5 Å². The van der Waals surface area contributed by atoms with Crippen LogP contribution >= 0.6 is 0 Å². The predicted octanol–water partition coefficient (Wildman–Crippen LogP) is 4.73. The third kappa shape index (κ3) is 3.93. The van der Waals surface area contributed by atoms with E-state index in [0.717, 1.165) is 11.6 Å². The molecule has 0 radical (unpaired) electrons. The van der Waals surface area contributed by atoms with Crippen molar-refractivity contribution in [3.8, 4) is 11.3 Å². The highest BCUT2D eigenvalue weighted by Crippen LogP contribution is 2.35. The number of hydrogen-bond donors (Lipinski definition) is 1. The molecule has 4 nitrogen and oxygen atoms in total. The molecule has 0 aliphatic rings. The van der Waals surface area contributed by atoms with Crippen molar-refractivity contribution in [1.29, 1.82) is 0 Å². The van der Waals surface area contributed by atoms with Crippen molar-refractivity contribution in [2.75, 3.05) is 5.32 Å². The number of hydrogen-bond acceptors (Lipinski definition) is 4. The lowest BCUT2D eigenvalue weighted by Gasteiger charge is -2.19.